The summed E-state index contributed by atoms with van der Waals surface area (Å²) in [6, 6.07) is 5.70. The number of ether oxygens (including phenoxy) is 2. The number of fused-ring (bicyclic) bond motifs is 1. The van der Waals surface area contributed by atoms with E-state index in [-0.39, 0.29) is 18.5 Å². The highest BCUT2D eigenvalue weighted by atomic mass is 16.6. The van der Waals surface area contributed by atoms with E-state index >= 15 is 0 Å². The molecule has 0 unspecified atom stereocenters. The molecule has 5 nitrogen and oxygen atoms in total. The van der Waals surface area contributed by atoms with Crippen LogP contribution in [0.15, 0.2) is 23.9 Å². The van der Waals surface area contributed by atoms with Gasteiger partial charge in [0.15, 0.2) is 6.61 Å². The van der Waals surface area contributed by atoms with E-state index in [1.165, 1.54) is 12.5 Å². The maximum atomic E-state index is 11.3. The Hall–Kier alpha value is -2.30. The molecule has 0 fully saturated rings. The van der Waals surface area contributed by atoms with E-state index in [9.17, 15) is 9.59 Å². The fourth-order valence-corrected chi connectivity index (χ4v) is 2.22. The zero-order valence-electron chi connectivity index (χ0n) is 12.3. The number of carbonyl (C=O) groups is 2. The molecule has 0 heterocycles. The fraction of sp³-hybridized carbons (Fsp3) is 0.375. The molecule has 0 atom stereocenters. The Morgan fingerprint density at radius 3 is 2.81 bits per heavy atom. The molecule has 0 aliphatic heterocycles. The highest BCUT2D eigenvalue weighted by Gasteiger charge is 2.12. The van der Waals surface area contributed by atoms with E-state index in [0.29, 0.717) is 12.4 Å². The van der Waals surface area contributed by atoms with Gasteiger partial charge in [-0.05, 0) is 49.1 Å². The van der Waals surface area contributed by atoms with E-state index in [1.807, 2.05) is 24.3 Å². The van der Waals surface area contributed by atoms with Crippen LogP contribution in [0.1, 0.15) is 31.4 Å². The number of aryl methyl sites for hydroxylation is 1. The first kappa shape index (κ1) is 15.1. The number of benzene rings is 1. The number of hydrogen-bond donors (Lipinski definition) is 1. The van der Waals surface area contributed by atoms with Crippen LogP contribution in [-0.2, 0) is 20.7 Å². The van der Waals surface area contributed by atoms with Crippen LogP contribution in [0.2, 0.25) is 0 Å². The molecule has 0 bridgehead atoms. The highest BCUT2D eigenvalue weighted by Crippen LogP contribution is 2.26. The number of allylic oxidation sites excluding steroid dienone is 1. The Morgan fingerprint density at radius 2 is 2.10 bits per heavy atom. The van der Waals surface area contributed by atoms with Gasteiger partial charge in [0.05, 0.1) is 6.61 Å². The van der Waals surface area contributed by atoms with Crippen molar-refractivity contribution in [3.05, 3.63) is 35.0 Å². The van der Waals surface area contributed by atoms with Crippen molar-refractivity contribution >= 4 is 18.0 Å². The predicted octanol–water partition coefficient (Wildman–Crippen LogP) is 2.05. The molecule has 21 heavy (non-hydrogen) atoms. The summed E-state index contributed by atoms with van der Waals surface area (Å²) in [5.74, 6) is 0.159. The first-order chi connectivity index (χ1) is 10.1. The van der Waals surface area contributed by atoms with Crippen LogP contribution in [0, 0.1) is 0 Å². The summed E-state index contributed by atoms with van der Waals surface area (Å²) >= 11 is 0. The minimum Gasteiger partial charge on any atom is -0.482 e. The van der Waals surface area contributed by atoms with Gasteiger partial charge in [0.1, 0.15) is 5.75 Å². The van der Waals surface area contributed by atoms with Crippen molar-refractivity contribution < 1.29 is 19.1 Å². The van der Waals surface area contributed by atoms with Gasteiger partial charge in [-0.25, -0.2) is 4.79 Å². The number of carbonyl (C=O) groups excluding carboxylic acids is 2. The molecule has 0 radical (unpaired) electrons. The Morgan fingerprint density at radius 1 is 1.29 bits per heavy atom. The molecule has 0 aromatic heterocycles. The number of rotatable bonds is 5. The number of esters is 1. The maximum absolute atomic E-state index is 11.3. The Kier molecular flexibility index (Phi) is 4.98. The predicted molar refractivity (Wildman–Crippen MR) is 78.7 cm³/mol. The van der Waals surface area contributed by atoms with Crippen LogP contribution >= 0.6 is 0 Å². The molecule has 112 valence electrons. The Bertz CT molecular complexity index is 578. The maximum Gasteiger partial charge on any atom is 0.344 e. The summed E-state index contributed by atoms with van der Waals surface area (Å²) in [4.78, 5) is 22.4. The van der Waals surface area contributed by atoms with Crippen LogP contribution < -0.4 is 10.1 Å². The van der Waals surface area contributed by atoms with Crippen LogP contribution in [0.3, 0.4) is 0 Å². The largest absolute Gasteiger partial charge is 0.482 e. The van der Waals surface area contributed by atoms with Gasteiger partial charge in [-0.15, -0.1) is 0 Å². The third-order valence-corrected chi connectivity index (χ3v) is 3.11. The molecule has 1 N–H and O–H groups in total. The smallest absolute Gasteiger partial charge is 0.344 e. The topological polar surface area (TPSA) is 64.6 Å². The fourth-order valence-electron chi connectivity index (χ4n) is 2.22. The average Bonchev–Trinajstić information content (AvgIpc) is 2.44. The second-order valence-corrected chi connectivity index (χ2v) is 4.81. The summed E-state index contributed by atoms with van der Waals surface area (Å²) in [6.45, 7) is 3.49. The minimum atomic E-state index is -0.385. The van der Waals surface area contributed by atoms with Crippen molar-refractivity contribution in [2.45, 2.75) is 26.7 Å². The Labute approximate surface area is 123 Å². The molecule has 1 aliphatic carbocycles. The van der Waals surface area contributed by atoms with E-state index in [2.05, 4.69) is 5.32 Å². The molecule has 1 aromatic carbocycles. The van der Waals surface area contributed by atoms with E-state index in [4.69, 9.17) is 9.47 Å². The summed E-state index contributed by atoms with van der Waals surface area (Å²) in [6.07, 6.45) is 3.63. The van der Waals surface area contributed by atoms with Crippen molar-refractivity contribution in [3.63, 3.8) is 0 Å². The van der Waals surface area contributed by atoms with Crippen molar-refractivity contribution in [3.8, 4) is 5.75 Å². The molecule has 2 rings (SSSR count). The third-order valence-electron chi connectivity index (χ3n) is 3.11. The van der Waals surface area contributed by atoms with Crippen LogP contribution in [-0.4, -0.2) is 25.1 Å². The minimum absolute atomic E-state index is 0.0700. The molecule has 1 aromatic rings. The van der Waals surface area contributed by atoms with Gasteiger partial charge >= 0.3 is 5.97 Å². The molecule has 0 saturated heterocycles. The summed E-state index contributed by atoms with van der Waals surface area (Å²) in [5.41, 5.74) is 3.11. The summed E-state index contributed by atoms with van der Waals surface area (Å²) < 4.78 is 10.2. The monoisotopic (exact) mass is 289 g/mol. The molecule has 0 spiro atoms. The van der Waals surface area contributed by atoms with Gasteiger partial charge in [-0.3, -0.25) is 4.79 Å². The highest BCUT2D eigenvalue weighted by molar-refractivity contribution is 5.77. The number of hydrogen-bond acceptors (Lipinski definition) is 4. The quantitative estimate of drug-likeness (QED) is 0.843. The molecular formula is C16H19NO4. The standard InChI is InChI=1S/C16H19NO4/c1-3-20-16(19)10-21-15-7-5-12-4-6-14(17-11(2)18)8-13(12)9-15/h5,7-9H,3-4,6,10H2,1-2H3,(H,17,18). The second kappa shape index (κ2) is 6.92. The molecular weight excluding hydrogens is 270 g/mol. The Balaban J connectivity index is 2.06. The van der Waals surface area contributed by atoms with Gasteiger partial charge in [-0.2, -0.15) is 0 Å². The van der Waals surface area contributed by atoms with Crippen molar-refractivity contribution in [1.82, 2.24) is 5.32 Å². The third kappa shape index (κ3) is 4.34. The summed E-state index contributed by atoms with van der Waals surface area (Å²) in [5, 5.41) is 2.82. The van der Waals surface area contributed by atoms with Gasteiger partial charge < -0.3 is 14.8 Å². The lowest BCUT2D eigenvalue weighted by Gasteiger charge is -2.17. The lowest BCUT2D eigenvalue weighted by molar-refractivity contribution is -0.145. The van der Waals surface area contributed by atoms with Crippen molar-refractivity contribution in [2.75, 3.05) is 13.2 Å². The number of amides is 1. The lowest BCUT2D eigenvalue weighted by Crippen LogP contribution is -2.21. The summed E-state index contributed by atoms with van der Waals surface area (Å²) in [7, 11) is 0. The van der Waals surface area contributed by atoms with Crippen molar-refractivity contribution in [1.29, 1.82) is 0 Å². The molecule has 1 amide bonds. The van der Waals surface area contributed by atoms with Gasteiger partial charge in [-0.1, -0.05) is 6.07 Å². The van der Waals surface area contributed by atoms with Gasteiger partial charge in [0.2, 0.25) is 5.91 Å². The molecule has 1 aliphatic rings. The zero-order valence-corrected chi connectivity index (χ0v) is 12.3. The number of nitrogens with one attached hydrogen (secondary N) is 1. The van der Waals surface area contributed by atoms with Crippen LogP contribution in [0.5, 0.6) is 5.75 Å². The lowest BCUT2D eigenvalue weighted by atomic mass is 9.95. The van der Waals surface area contributed by atoms with E-state index in [1.54, 1.807) is 6.92 Å². The van der Waals surface area contributed by atoms with E-state index < -0.39 is 0 Å². The van der Waals surface area contributed by atoms with Crippen LogP contribution in [0.25, 0.3) is 6.08 Å². The normalized spacial score (nSPS) is 13.0. The van der Waals surface area contributed by atoms with Gasteiger partial charge in [0.25, 0.3) is 0 Å². The molecule has 5 heteroatoms. The first-order valence-electron chi connectivity index (χ1n) is 6.98. The van der Waals surface area contributed by atoms with Crippen LogP contribution in [0.4, 0.5) is 0 Å². The van der Waals surface area contributed by atoms with Crippen molar-refractivity contribution in [2.24, 2.45) is 0 Å². The molecule has 0 saturated carbocycles. The average molecular weight is 289 g/mol. The second-order valence-electron chi connectivity index (χ2n) is 4.81. The van der Waals surface area contributed by atoms with Gasteiger partial charge in [0, 0.05) is 12.6 Å². The zero-order chi connectivity index (χ0) is 15.2. The SMILES string of the molecule is CCOC(=O)COc1ccc2c(c1)C=C(NC(C)=O)CC2. The van der Waals surface area contributed by atoms with E-state index in [0.717, 1.165) is 24.1 Å². The first-order valence-corrected chi connectivity index (χ1v) is 6.98.